The minimum atomic E-state index is -4.39. The standard InChI is InChI=1S/C12H14F3N3OS/c1-3-9(16-5-8-4-7(2)19-18-8)11-17-10(6-20-11)12(13,14)15/h4,6,9,16H,3,5H2,1-2H3/t9-/m1/s1. The fourth-order valence-electron chi connectivity index (χ4n) is 1.71. The molecule has 2 heterocycles. The predicted molar refractivity (Wildman–Crippen MR) is 68.2 cm³/mol. The van der Waals surface area contributed by atoms with Gasteiger partial charge >= 0.3 is 6.18 Å². The van der Waals surface area contributed by atoms with Gasteiger partial charge in [-0.15, -0.1) is 11.3 Å². The third-order valence-corrected chi connectivity index (χ3v) is 3.68. The first-order valence-electron chi connectivity index (χ1n) is 6.08. The summed E-state index contributed by atoms with van der Waals surface area (Å²) in [5.41, 5.74) is -0.122. The van der Waals surface area contributed by atoms with Crippen LogP contribution < -0.4 is 5.32 Å². The molecule has 0 aliphatic rings. The topological polar surface area (TPSA) is 51.0 Å². The van der Waals surface area contributed by atoms with E-state index in [0.717, 1.165) is 16.7 Å². The average molecular weight is 305 g/mol. The normalized spacial score (nSPS) is 13.7. The molecule has 0 aromatic carbocycles. The molecule has 0 unspecified atom stereocenters. The van der Waals surface area contributed by atoms with Crippen molar-refractivity contribution in [3.8, 4) is 0 Å². The zero-order chi connectivity index (χ0) is 14.8. The van der Waals surface area contributed by atoms with Crippen LogP contribution in [-0.4, -0.2) is 10.1 Å². The smallest absolute Gasteiger partial charge is 0.361 e. The van der Waals surface area contributed by atoms with Crippen molar-refractivity contribution >= 4 is 11.3 Å². The summed E-state index contributed by atoms with van der Waals surface area (Å²) < 4.78 is 42.5. The molecule has 0 saturated heterocycles. The van der Waals surface area contributed by atoms with Crippen molar-refractivity contribution in [1.29, 1.82) is 0 Å². The summed E-state index contributed by atoms with van der Waals surface area (Å²) in [6, 6.07) is 1.55. The monoisotopic (exact) mass is 305 g/mol. The van der Waals surface area contributed by atoms with Crippen LogP contribution in [0.2, 0.25) is 0 Å². The van der Waals surface area contributed by atoms with Crippen molar-refractivity contribution in [1.82, 2.24) is 15.5 Å². The lowest BCUT2D eigenvalue weighted by molar-refractivity contribution is -0.140. The van der Waals surface area contributed by atoms with Gasteiger partial charge < -0.3 is 9.84 Å². The van der Waals surface area contributed by atoms with E-state index in [1.807, 2.05) is 6.92 Å². The summed E-state index contributed by atoms with van der Waals surface area (Å²) in [5, 5.41) is 8.44. The minimum absolute atomic E-state index is 0.229. The van der Waals surface area contributed by atoms with Crippen LogP contribution in [0.3, 0.4) is 0 Å². The third-order valence-electron chi connectivity index (χ3n) is 2.73. The molecule has 0 aliphatic heterocycles. The Bertz CT molecular complexity index is 564. The van der Waals surface area contributed by atoms with Crippen molar-refractivity contribution in [3.63, 3.8) is 0 Å². The molecule has 2 aromatic heterocycles. The highest BCUT2D eigenvalue weighted by Gasteiger charge is 2.34. The second-order valence-electron chi connectivity index (χ2n) is 4.34. The largest absolute Gasteiger partial charge is 0.434 e. The Morgan fingerprint density at radius 3 is 2.70 bits per heavy atom. The van der Waals surface area contributed by atoms with E-state index in [-0.39, 0.29) is 6.04 Å². The van der Waals surface area contributed by atoms with Gasteiger partial charge in [0.1, 0.15) is 10.8 Å². The number of hydrogen-bond donors (Lipinski definition) is 1. The van der Waals surface area contributed by atoms with Crippen LogP contribution in [0.25, 0.3) is 0 Å². The molecule has 0 bridgehead atoms. The third kappa shape index (κ3) is 3.57. The number of hydrogen-bond acceptors (Lipinski definition) is 5. The summed E-state index contributed by atoms with van der Waals surface area (Å²) in [4.78, 5) is 3.66. The number of nitrogens with one attached hydrogen (secondary N) is 1. The summed E-state index contributed by atoms with van der Waals surface area (Å²) in [6.07, 6.45) is -3.75. The maximum atomic E-state index is 12.5. The van der Waals surface area contributed by atoms with Crippen LogP contribution in [0.1, 0.15) is 41.5 Å². The lowest BCUT2D eigenvalue weighted by Crippen LogP contribution is -2.20. The van der Waals surface area contributed by atoms with Crippen molar-refractivity contribution in [2.24, 2.45) is 0 Å². The number of rotatable bonds is 5. The predicted octanol–water partition coefficient (Wildman–Crippen LogP) is 3.70. The second kappa shape index (κ2) is 5.92. The van der Waals surface area contributed by atoms with Gasteiger partial charge in [-0.25, -0.2) is 4.98 Å². The van der Waals surface area contributed by atoms with E-state index in [1.165, 1.54) is 0 Å². The first-order chi connectivity index (χ1) is 9.40. The van der Waals surface area contributed by atoms with Gasteiger partial charge in [0.25, 0.3) is 0 Å². The van der Waals surface area contributed by atoms with Gasteiger partial charge in [-0.2, -0.15) is 13.2 Å². The number of nitrogens with zero attached hydrogens (tertiary/aromatic N) is 2. The molecule has 8 heteroatoms. The Kier molecular flexibility index (Phi) is 4.44. The molecular weight excluding hydrogens is 291 g/mol. The number of aryl methyl sites for hydroxylation is 1. The van der Waals surface area contributed by atoms with Gasteiger partial charge in [0.05, 0.1) is 11.7 Å². The van der Waals surface area contributed by atoms with Gasteiger partial charge in [0.2, 0.25) is 0 Å². The summed E-state index contributed by atoms with van der Waals surface area (Å²) >= 11 is 1.01. The van der Waals surface area contributed by atoms with E-state index < -0.39 is 11.9 Å². The molecule has 0 aliphatic carbocycles. The fourth-order valence-corrected chi connectivity index (χ4v) is 2.70. The molecule has 0 radical (unpaired) electrons. The fraction of sp³-hybridized carbons (Fsp3) is 0.500. The molecule has 4 nitrogen and oxygen atoms in total. The first kappa shape index (κ1) is 15.0. The molecule has 0 saturated carbocycles. The lowest BCUT2D eigenvalue weighted by Gasteiger charge is -2.13. The van der Waals surface area contributed by atoms with E-state index in [2.05, 4.69) is 15.5 Å². The minimum Gasteiger partial charge on any atom is -0.361 e. The van der Waals surface area contributed by atoms with Crippen molar-refractivity contribution in [3.05, 3.63) is 33.6 Å². The molecule has 2 rings (SSSR count). The Morgan fingerprint density at radius 2 is 2.20 bits per heavy atom. The van der Waals surface area contributed by atoms with E-state index in [4.69, 9.17) is 4.52 Å². The quantitative estimate of drug-likeness (QED) is 0.915. The molecule has 1 atom stereocenters. The molecule has 110 valence electrons. The van der Waals surface area contributed by atoms with Crippen LogP contribution in [0, 0.1) is 6.92 Å². The molecule has 0 fully saturated rings. The maximum Gasteiger partial charge on any atom is 0.434 e. The summed E-state index contributed by atoms with van der Waals surface area (Å²) in [7, 11) is 0. The highest BCUT2D eigenvalue weighted by Crippen LogP contribution is 2.32. The van der Waals surface area contributed by atoms with Crippen molar-refractivity contribution in [2.45, 2.75) is 39.0 Å². The SMILES string of the molecule is CC[C@@H](NCc1cc(C)on1)c1nc(C(F)(F)F)cs1. The van der Waals surface area contributed by atoms with Crippen LogP contribution in [0.4, 0.5) is 13.2 Å². The summed E-state index contributed by atoms with van der Waals surface area (Å²) in [5.74, 6) is 0.698. The number of alkyl halides is 3. The van der Waals surface area contributed by atoms with Crippen molar-refractivity contribution in [2.75, 3.05) is 0 Å². The lowest BCUT2D eigenvalue weighted by atomic mass is 10.2. The Balaban J connectivity index is 2.03. The van der Waals surface area contributed by atoms with Crippen LogP contribution >= 0.6 is 11.3 Å². The Labute approximate surface area is 118 Å². The molecule has 20 heavy (non-hydrogen) atoms. The highest BCUT2D eigenvalue weighted by molar-refractivity contribution is 7.09. The van der Waals surface area contributed by atoms with Crippen LogP contribution in [0.15, 0.2) is 16.0 Å². The second-order valence-corrected chi connectivity index (χ2v) is 5.23. The molecule has 0 amide bonds. The van der Waals surface area contributed by atoms with Gasteiger partial charge in [-0.05, 0) is 13.3 Å². The number of aromatic nitrogens is 2. The Hall–Kier alpha value is -1.41. The molecule has 0 spiro atoms. The molecule has 2 aromatic rings. The van der Waals surface area contributed by atoms with Gasteiger partial charge in [-0.3, -0.25) is 0 Å². The highest BCUT2D eigenvalue weighted by atomic mass is 32.1. The van der Waals surface area contributed by atoms with Crippen molar-refractivity contribution < 1.29 is 17.7 Å². The first-order valence-corrected chi connectivity index (χ1v) is 6.96. The zero-order valence-corrected chi connectivity index (χ0v) is 11.8. The Morgan fingerprint density at radius 1 is 1.45 bits per heavy atom. The molecule has 1 N–H and O–H groups in total. The number of halogens is 3. The van der Waals surface area contributed by atoms with E-state index in [9.17, 15) is 13.2 Å². The van der Waals surface area contributed by atoms with Gasteiger partial charge in [-0.1, -0.05) is 12.1 Å². The van der Waals surface area contributed by atoms with Crippen LogP contribution in [0.5, 0.6) is 0 Å². The molecular formula is C12H14F3N3OS. The average Bonchev–Trinajstić information content (AvgIpc) is 2.99. The summed E-state index contributed by atoms with van der Waals surface area (Å²) in [6.45, 7) is 4.10. The maximum absolute atomic E-state index is 12.5. The zero-order valence-electron chi connectivity index (χ0n) is 11.0. The van der Waals surface area contributed by atoms with Gasteiger partial charge in [0.15, 0.2) is 5.69 Å². The van der Waals surface area contributed by atoms with E-state index in [1.54, 1.807) is 13.0 Å². The van der Waals surface area contributed by atoms with E-state index in [0.29, 0.717) is 29.4 Å². The van der Waals surface area contributed by atoms with E-state index >= 15 is 0 Å². The van der Waals surface area contributed by atoms with Gasteiger partial charge in [0, 0.05) is 18.0 Å². The van der Waals surface area contributed by atoms with Crippen LogP contribution in [-0.2, 0) is 12.7 Å². The number of thiazole rings is 1.